The second-order valence-electron chi connectivity index (χ2n) is 3.74. The maximum absolute atomic E-state index is 11.7. The van der Waals surface area contributed by atoms with Crippen LogP contribution in [-0.4, -0.2) is 59.6 Å². The third kappa shape index (κ3) is 3.36. The fraction of sp³-hybridized carbons (Fsp3) is 0.889. The first-order valence-electron chi connectivity index (χ1n) is 5.23. The van der Waals surface area contributed by atoms with Crippen LogP contribution < -0.4 is 0 Å². The van der Waals surface area contributed by atoms with Crippen LogP contribution in [0.2, 0.25) is 0 Å². The summed E-state index contributed by atoms with van der Waals surface area (Å²) < 4.78 is 22.5. The molecule has 0 aromatic rings. The average Bonchev–Trinajstić information content (AvgIpc) is 2.41. The molecule has 1 aliphatic rings. The van der Waals surface area contributed by atoms with Crippen LogP contribution in [0.15, 0.2) is 0 Å². The molecule has 1 aliphatic heterocycles. The van der Waals surface area contributed by atoms with E-state index in [2.05, 4.69) is 0 Å². The van der Waals surface area contributed by atoms with Crippen molar-refractivity contribution < 1.29 is 18.3 Å². The third-order valence-electron chi connectivity index (χ3n) is 2.55. The van der Waals surface area contributed by atoms with E-state index in [1.807, 2.05) is 13.8 Å². The highest BCUT2D eigenvalue weighted by Gasteiger charge is 2.38. The number of amides is 1. The highest BCUT2D eigenvalue weighted by molar-refractivity contribution is 8.14. The number of aliphatic hydroxyl groups excluding tert-OH is 1. The monoisotopic (exact) mass is 267 g/mol. The summed E-state index contributed by atoms with van der Waals surface area (Å²) in [5.74, 6) is -0.331. The van der Waals surface area contributed by atoms with Crippen LogP contribution in [0, 0.1) is 0 Å². The number of carbonyl (C=O) groups excluding carboxylic acids is 1. The Labute approximate surface area is 100 Å². The Kier molecular flexibility index (Phi) is 4.63. The molecule has 0 aromatic heterocycles. The molecule has 2 unspecified atom stereocenters. The van der Waals surface area contributed by atoms with Gasteiger partial charge in [0.05, 0.1) is 22.9 Å². The van der Waals surface area contributed by atoms with Crippen LogP contribution >= 0.6 is 11.8 Å². The van der Waals surface area contributed by atoms with Crippen LogP contribution in [0.4, 0.5) is 4.79 Å². The van der Waals surface area contributed by atoms with E-state index in [-0.39, 0.29) is 16.7 Å². The largest absolute Gasteiger partial charge is 0.391 e. The SMILES string of the molecule is CCN(CC)C(=O)SC1CS(=O)(=O)CC1O. The molecule has 0 aromatic carbocycles. The molecule has 5 nitrogen and oxygen atoms in total. The van der Waals surface area contributed by atoms with Gasteiger partial charge in [-0.25, -0.2) is 8.42 Å². The quantitative estimate of drug-likeness (QED) is 0.798. The van der Waals surface area contributed by atoms with Crippen molar-refractivity contribution in [2.45, 2.75) is 25.2 Å². The summed E-state index contributed by atoms with van der Waals surface area (Å²) in [5, 5.41) is 8.85. The first-order valence-corrected chi connectivity index (χ1v) is 7.93. The summed E-state index contributed by atoms with van der Waals surface area (Å²) in [5.41, 5.74) is 0. The molecule has 94 valence electrons. The van der Waals surface area contributed by atoms with E-state index < -0.39 is 21.2 Å². The summed E-state index contributed by atoms with van der Waals surface area (Å²) in [6.07, 6.45) is -0.922. The average molecular weight is 267 g/mol. The molecule has 0 aliphatic carbocycles. The van der Waals surface area contributed by atoms with Gasteiger partial charge in [0, 0.05) is 13.1 Å². The van der Waals surface area contributed by atoms with Crippen LogP contribution in [0.1, 0.15) is 13.8 Å². The molecule has 2 atom stereocenters. The highest BCUT2D eigenvalue weighted by atomic mass is 32.2. The lowest BCUT2D eigenvalue weighted by Gasteiger charge is -2.20. The molecule has 1 heterocycles. The molecule has 0 spiro atoms. The normalized spacial score (nSPS) is 27.9. The van der Waals surface area contributed by atoms with Crippen molar-refractivity contribution in [2.75, 3.05) is 24.6 Å². The Morgan fingerprint density at radius 3 is 2.31 bits per heavy atom. The van der Waals surface area contributed by atoms with Crippen molar-refractivity contribution in [3.05, 3.63) is 0 Å². The van der Waals surface area contributed by atoms with Gasteiger partial charge in [-0.05, 0) is 13.8 Å². The fourth-order valence-electron chi connectivity index (χ4n) is 1.60. The Hall–Kier alpha value is -0.270. The molecule has 7 heteroatoms. The summed E-state index contributed by atoms with van der Waals surface area (Å²) in [7, 11) is -3.17. The van der Waals surface area contributed by atoms with Crippen molar-refractivity contribution in [2.24, 2.45) is 0 Å². The van der Waals surface area contributed by atoms with Gasteiger partial charge in [0.2, 0.25) is 0 Å². The van der Waals surface area contributed by atoms with Gasteiger partial charge >= 0.3 is 0 Å². The predicted octanol–water partition coefficient (Wildman–Crippen LogP) is 0.339. The molecule has 1 N–H and O–H groups in total. The molecular weight excluding hydrogens is 250 g/mol. The predicted molar refractivity (Wildman–Crippen MR) is 64.4 cm³/mol. The van der Waals surface area contributed by atoms with Gasteiger partial charge in [-0.15, -0.1) is 0 Å². The zero-order valence-electron chi connectivity index (χ0n) is 9.42. The minimum atomic E-state index is -3.17. The number of thioether (sulfide) groups is 1. The number of hydrogen-bond donors (Lipinski definition) is 1. The van der Waals surface area contributed by atoms with Crippen molar-refractivity contribution in [3.8, 4) is 0 Å². The maximum atomic E-state index is 11.7. The van der Waals surface area contributed by atoms with E-state index in [0.29, 0.717) is 13.1 Å². The summed E-state index contributed by atoms with van der Waals surface area (Å²) in [6, 6.07) is 0. The number of aliphatic hydroxyl groups is 1. The summed E-state index contributed by atoms with van der Waals surface area (Å²) >= 11 is 0.933. The zero-order valence-corrected chi connectivity index (χ0v) is 11.1. The van der Waals surface area contributed by atoms with Crippen molar-refractivity contribution >= 4 is 26.8 Å². The molecule has 1 rings (SSSR count). The number of sulfone groups is 1. The lowest BCUT2D eigenvalue weighted by atomic mass is 10.3. The maximum Gasteiger partial charge on any atom is 0.282 e. The lowest BCUT2D eigenvalue weighted by molar-refractivity contribution is 0.205. The van der Waals surface area contributed by atoms with Crippen molar-refractivity contribution in [1.82, 2.24) is 4.90 Å². The van der Waals surface area contributed by atoms with Crippen molar-refractivity contribution in [1.29, 1.82) is 0 Å². The van der Waals surface area contributed by atoms with Crippen molar-refractivity contribution in [3.63, 3.8) is 0 Å². The second kappa shape index (κ2) is 5.37. The molecule has 1 fully saturated rings. The van der Waals surface area contributed by atoms with Gasteiger partial charge in [0.15, 0.2) is 9.84 Å². The third-order valence-corrected chi connectivity index (χ3v) is 5.72. The van der Waals surface area contributed by atoms with E-state index in [0.717, 1.165) is 11.8 Å². The Morgan fingerprint density at radius 2 is 1.94 bits per heavy atom. The van der Waals surface area contributed by atoms with Gasteiger partial charge in [-0.2, -0.15) is 0 Å². The minimum Gasteiger partial charge on any atom is -0.391 e. The van der Waals surface area contributed by atoms with Crippen LogP contribution in [0.5, 0.6) is 0 Å². The number of hydrogen-bond acceptors (Lipinski definition) is 5. The van der Waals surface area contributed by atoms with Crippen LogP contribution in [0.25, 0.3) is 0 Å². The minimum absolute atomic E-state index is 0.105. The van der Waals surface area contributed by atoms with Gasteiger partial charge in [0.1, 0.15) is 0 Å². The smallest absolute Gasteiger partial charge is 0.282 e. The first kappa shape index (κ1) is 13.8. The summed E-state index contributed by atoms with van der Waals surface area (Å²) in [4.78, 5) is 13.3. The van der Waals surface area contributed by atoms with E-state index in [1.54, 1.807) is 4.90 Å². The fourth-order valence-corrected chi connectivity index (χ4v) is 5.14. The number of carbonyl (C=O) groups is 1. The van der Waals surface area contributed by atoms with Gasteiger partial charge < -0.3 is 10.0 Å². The van der Waals surface area contributed by atoms with E-state index >= 15 is 0 Å². The highest BCUT2D eigenvalue weighted by Crippen LogP contribution is 2.26. The van der Waals surface area contributed by atoms with Gasteiger partial charge in [-0.1, -0.05) is 11.8 Å². The Balaban J connectivity index is 2.59. The standard InChI is InChI=1S/C9H17NO4S2/c1-3-10(4-2)9(12)15-8-6-16(13,14)5-7(8)11/h7-8,11H,3-6H2,1-2H3. The molecule has 16 heavy (non-hydrogen) atoms. The number of nitrogens with zero attached hydrogens (tertiary/aromatic N) is 1. The Morgan fingerprint density at radius 1 is 1.38 bits per heavy atom. The first-order chi connectivity index (χ1) is 7.39. The second-order valence-corrected chi connectivity index (χ2v) is 7.08. The molecular formula is C9H17NO4S2. The van der Waals surface area contributed by atoms with E-state index in [1.165, 1.54) is 0 Å². The van der Waals surface area contributed by atoms with Crippen LogP contribution in [-0.2, 0) is 9.84 Å². The Bertz CT molecular complexity index is 351. The molecule has 0 saturated carbocycles. The van der Waals surface area contributed by atoms with E-state index in [4.69, 9.17) is 0 Å². The van der Waals surface area contributed by atoms with Gasteiger partial charge in [-0.3, -0.25) is 4.79 Å². The zero-order chi connectivity index (χ0) is 12.3. The molecule has 1 saturated heterocycles. The lowest BCUT2D eigenvalue weighted by Crippen LogP contribution is -2.31. The van der Waals surface area contributed by atoms with E-state index in [9.17, 15) is 18.3 Å². The number of rotatable bonds is 3. The molecule has 0 radical (unpaired) electrons. The van der Waals surface area contributed by atoms with Crippen LogP contribution in [0.3, 0.4) is 0 Å². The molecule has 0 bridgehead atoms. The summed E-state index contributed by atoms with van der Waals surface area (Å²) in [6.45, 7) is 4.92. The topological polar surface area (TPSA) is 74.7 Å². The van der Waals surface area contributed by atoms with Gasteiger partial charge in [0.25, 0.3) is 5.24 Å². The molecule has 1 amide bonds.